The van der Waals surface area contributed by atoms with Crippen LogP contribution in [0.15, 0.2) is 18.2 Å². The molecule has 0 amide bonds. The first-order chi connectivity index (χ1) is 7.67. The second-order valence-electron chi connectivity index (χ2n) is 3.48. The van der Waals surface area contributed by atoms with Gasteiger partial charge < -0.3 is 10.5 Å². The van der Waals surface area contributed by atoms with Crippen molar-refractivity contribution in [1.82, 2.24) is 0 Å². The number of rotatable bonds is 3. The Hall–Kier alpha value is -1.53. The normalized spacial score (nSPS) is 11.5. The van der Waals surface area contributed by atoms with Crippen molar-refractivity contribution in [2.45, 2.75) is 26.4 Å². The van der Waals surface area contributed by atoms with Gasteiger partial charge in [-0.05, 0) is 25.5 Å². The summed E-state index contributed by atoms with van der Waals surface area (Å²) in [6, 6.07) is 4.68. The van der Waals surface area contributed by atoms with Crippen LogP contribution in [0.1, 0.15) is 25.8 Å². The van der Waals surface area contributed by atoms with Gasteiger partial charge in [-0.3, -0.25) is 0 Å². The van der Waals surface area contributed by atoms with Gasteiger partial charge in [-0.1, -0.05) is 18.8 Å². The zero-order chi connectivity index (χ0) is 12.0. The molecule has 1 unspecified atom stereocenters. The summed E-state index contributed by atoms with van der Waals surface area (Å²) in [7, 11) is 0. The lowest BCUT2D eigenvalue weighted by atomic mass is 10.2. The third-order valence-corrected chi connectivity index (χ3v) is 2.18. The molecule has 1 rings (SSSR count). The Balaban J connectivity index is 2.82. The van der Waals surface area contributed by atoms with Gasteiger partial charge in [0, 0.05) is 6.07 Å². The van der Waals surface area contributed by atoms with Crippen LogP contribution in [-0.4, -0.2) is 12.6 Å². The van der Waals surface area contributed by atoms with Crippen LogP contribution >= 0.6 is 0 Å². The summed E-state index contributed by atoms with van der Waals surface area (Å²) in [5, 5.41) is 0. The molecule has 0 saturated carbocycles. The Morgan fingerprint density at radius 2 is 2.25 bits per heavy atom. The highest BCUT2D eigenvalue weighted by Crippen LogP contribution is 2.17. The Morgan fingerprint density at radius 1 is 1.50 bits per heavy atom. The number of hydrogen-bond donors (Lipinski definition) is 1. The minimum absolute atomic E-state index is 0.0837. The minimum Gasteiger partial charge on any atom is -0.491 e. The number of benzene rings is 1. The fourth-order valence-corrected chi connectivity index (χ4v) is 1.13. The van der Waals surface area contributed by atoms with Crippen molar-refractivity contribution >= 4 is 0 Å². The van der Waals surface area contributed by atoms with Crippen LogP contribution in [0.25, 0.3) is 0 Å². The molecule has 0 aromatic heterocycles. The molecule has 0 aliphatic rings. The molecular weight excluding hydrogens is 205 g/mol. The molecule has 1 aromatic carbocycles. The van der Waals surface area contributed by atoms with E-state index in [1.165, 1.54) is 6.07 Å². The van der Waals surface area contributed by atoms with E-state index in [2.05, 4.69) is 11.8 Å². The largest absolute Gasteiger partial charge is 0.491 e. The van der Waals surface area contributed by atoms with Gasteiger partial charge in [-0.25, -0.2) is 4.39 Å². The molecule has 0 bridgehead atoms. The van der Waals surface area contributed by atoms with Gasteiger partial charge in [0.15, 0.2) is 0 Å². The van der Waals surface area contributed by atoms with Gasteiger partial charge >= 0.3 is 0 Å². The molecule has 0 fully saturated rings. The number of hydrogen-bond acceptors (Lipinski definition) is 2. The van der Waals surface area contributed by atoms with Crippen molar-refractivity contribution in [3.05, 3.63) is 29.6 Å². The van der Waals surface area contributed by atoms with Gasteiger partial charge in [-0.15, -0.1) is 0 Å². The molecule has 0 spiro atoms. The predicted molar refractivity (Wildman–Crippen MR) is 62.7 cm³/mol. The van der Waals surface area contributed by atoms with Crippen molar-refractivity contribution in [1.29, 1.82) is 0 Å². The van der Waals surface area contributed by atoms with Crippen molar-refractivity contribution in [3.8, 4) is 17.6 Å². The minimum atomic E-state index is -0.373. The van der Waals surface area contributed by atoms with E-state index < -0.39 is 0 Å². The van der Waals surface area contributed by atoms with Crippen LogP contribution in [0.3, 0.4) is 0 Å². The van der Waals surface area contributed by atoms with Crippen molar-refractivity contribution < 1.29 is 9.13 Å². The molecule has 0 heterocycles. The van der Waals surface area contributed by atoms with E-state index in [1.807, 2.05) is 13.8 Å². The van der Waals surface area contributed by atoms with Crippen molar-refractivity contribution in [2.75, 3.05) is 6.54 Å². The molecule has 3 heteroatoms. The van der Waals surface area contributed by atoms with E-state index in [9.17, 15) is 4.39 Å². The smallest absolute Gasteiger partial charge is 0.142 e. The van der Waals surface area contributed by atoms with Crippen LogP contribution in [0.5, 0.6) is 5.75 Å². The molecule has 1 aromatic rings. The molecule has 0 radical (unpaired) electrons. The summed E-state index contributed by atoms with van der Waals surface area (Å²) in [5.41, 5.74) is 5.57. The van der Waals surface area contributed by atoms with Gasteiger partial charge in [0.05, 0.1) is 18.2 Å². The standard InChI is InChI=1S/C13H16FNO/c1-3-10(2)16-12-7-6-11(5-4-8-15)13(14)9-12/h6-7,9-10H,3,8,15H2,1-2H3. The van der Waals surface area contributed by atoms with Gasteiger partial charge in [-0.2, -0.15) is 0 Å². The molecular formula is C13H16FNO. The lowest BCUT2D eigenvalue weighted by Crippen LogP contribution is -2.09. The van der Waals surface area contributed by atoms with Crippen LogP contribution in [0, 0.1) is 17.7 Å². The molecule has 86 valence electrons. The van der Waals surface area contributed by atoms with Gasteiger partial charge in [0.2, 0.25) is 0 Å². The monoisotopic (exact) mass is 221 g/mol. The molecule has 1 atom stereocenters. The first kappa shape index (κ1) is 12.5. The second kappa shape index (κ2) is 6.14. The Bertz CT molecular complexity index is 406. The lowest BCUT2D eigenvalue weighted by Gasteiger charge is -2.12. The van der Waals surface area contributed by atoms with Crippen LogP contribution in [0.4, 0.5) is 4.39 Å². The first-order valence-electron chi connectivity index (χ1n) is 5.32. The molecule has 0 aliphatic carbocycles. The Morgan fingerprint density at radius 3 is 2.81 bits per heavy atom. The highest BCUT2D eigenvalue weighted by atomic mass is 19.1. The lowest BCUT2D eigenvalue weighted by molar-refractivity contribution is 0.216. The summed E-state index contributed by atoms with van der Waals surface area (Å²) >= 11 is 0. The number of nitrogens with two attached hydrogens (primary N) is 1. The molecule has 0 aliphatic heterocycles. The van der Waals surface area contributed by atoms with Gasteiger partial charge in [0.1, 0.15) is 11.6 Å². The summed E-state index contributed by atoms with van der Waals surface area (Å²) in [5.74, 6) is 5.43. The van der Waals surface area contributed by atoms with E-state index in [1.54, 1.807) is 12.1 Å². The quantitative estimate of drug-likeness (QED) is 0.795. The molecule has 0 saturated heterocycles. The zero-order valence-corrected chi connectivity index (χ0v) is 9.59. The summed E-state index contributed by atoms with van der Waals surface area (Å²) < 4.78 is 19.0. The van der Waals surface area contributed by atoms with E-state index in [-0.39, 0.29) is 18.5 Å². The molecule has 2 nitrogen and oxygen atoms in total. The fraction of sp³-hybridized carbons (Fsp3) is 0.385. The van der Waals surface area contributed by atoms with Crippen LogP contribution in [0.2, 0.25) is 0 Å². The number of ether oxygens (including phenoxy) is 1. The summed E-state index contributed by atoms with van der Waals surface area (Å²) in [4.78, 5) is 0. The highest BCUT2D eigenvalue weighted by molar-refractivity contribution is 5.39. The van der Waals surface area contributed by atoms with E-state index in [0.29, 0.717) is 11.3 Å². The number of halogens is 1. The summed E-state index contributed by atoms with van der Waals surface area (Å²) in [6.45, 7) is 4.19. The molecule has 2 N–H and O–H groups in total. The maximum Gasteiger partial charge on any atom is 0.142 e. The first-order valence-corrected chi connectivity index (χ1v) is 5.32. The van der Waals surface area contributed by atoms with E-state index in [0.717, 1.165) is 6.42 Å². The maximum atomic E-state index is 13.5. The second-order valence-corrected chi connectivity index (χ2v) is 3.48. The van der Waals surface area contributed by atoms with Crippen molar-refractivity contribution in [3.63, 3.8) is 0 Å². The van der Waals surface area contributed by atoms with Crippen LogP contribution < -0.4 is 10.5 Å². The van der Waals surface area contributed by atoms with Crippen molar-refractivity contribution in [2.24, 2.45) is 5.73 Å². The average Bonchev–Trinajstić information content (AvgIpc) is 2.28. The van der Waals surface area contributed by atoms with Gasteiger partial charge in [0.25, 0.3) is 0 Å². The third kappa shape index (κ3) is 3.56. The Labute approximate surface area is 95.6 Å². The Kier molecular flexibility index (Phi) is 4.81. The zero-order valence-electron chi connectivity index (χ0n) is 9.59. The molecule has 16 heavy (non-hydrogen) atoms. The fourth-order valence-electron chi connectivity index (χ4n) is 1.13. The topological polar surface area (TPSA) is 35.2 Å². The predicted octanol–water partition coefficient (Wildman–Crippen LogP) is 2.31. The average molecular weight is 221 g/mol. The SMILES string of the molecule is CCC(C)Oc1ccc(C#CCN)c(F)c1. The van der Waals surface area contributed by atoms with Crippen LogP contribution in [-0.2, 0) is 0 Å². The van der Waals surface area contributed by atoms with E-state index >= 15 is 0 Å². The highest BCUT2D eigenvalue weighted by Gasteiger charge is 2.04. The maximum absolute atomic E-state index is 13.5. The summed E-state index contributed by atoms with van der Waals surface area (Å²) in [6.07, 6.45) is 0.969. The van der Waals surface area contributed by atoms with E-state index in [4.69, 9.17) is 10.5 Å². The third-order valence-electron chi connectivity index (χ3n) is 2.18.